The van der Waals surface area contributed by atoms with Gasteiger partial charge in [0.15, 0.2) is 0 Å². The van der Waals surface area contributed by atoms with Crippen LogP contribution in [0.5, 0.6) is 0 Å². The van der Waals surface area contributed by atoms with Gasteiger partial charge in [-0.25, -0.2) is 0 Å². The molecule has 12 nitrogen and oxygen atoms in total. The Morgan fingerprint density at radius 2 is 0.739 bits per heavy atom. The zero-order valence-electron chi connectivity index (χ0n) is 30.3. The van der Waals surface area contributed by atoms with Gasteiger partial charge >= 0.3 is 17.9 Å². The maximum atomic E-state index is 13.1. The molecule has 0 saturated carbocycles. The van der Waals surface area contributed by atoms with Crippen molar-refractivity contribution < 1.29 is 44.2 Å². The minimum atomic E-state index is -0.709. The first kappa shape index (κ1) is 38.6. The van der Waals surface area contributed by atoms with Gasteiger partial charge in [-0.1, -0.05) is 0 Å². The van der Waals surface area contributed by atoms with Crippen molar-refractivity contribution in [3.05, 3.63) is 0 Å². The zero-order chi connectivity index (χ0) is 35.3. The Bertz CT molecular complexity index is 995. The summed E-state index contributed by atoms with van der Waals surface area (Å²) in [7, 11) is 0. The topological polar surface area (TPSA) is 149 Å². The molecule has 3 rings (SSSR count). The van der Waals surface area contributed by atoms with Crippen molar-refractivity contribution in [2.75, 3.05) is 19.8 Å². The highest BCUT2D eigenvalue weighted by atomic mass is 16.5. The van der Waals surface area contributed by atoms with Gasteiger partial charge in [0.05, 0.1) is 19.8 Å². The van der Waals surface area contributed by atoms with E-state index in [4.69, 9.17) is 14.2 Å². The Morgan fingerprint density at radius 1 is 0.522 bits per heavy atom. The molecule has 3 fully saturated rings. The van der Waals surface area contributed by atoms with Gasteiger partial charge in [0.2, 0.25) is 0 Å². The molecule has 266 valence electrons. The number of esters is 3. The Hall–Kier alpha value is -1.83. The van der Waals surface area contributed by atoms with E-state index in [0.717, 1.165) is 0 Å². The summed E-state index contributed by atoms with van der Waals surface area (Å²) in [5.41, 5.74) is -3.21. The largest absolute Gasteiger partial charge is 0.465 e. The SMILES string of the molecule is CC1(C)CC(COC(=O)CC(CC(=O)OCC2CC(C)(C)N(O)C2(C)C)CC(=O)OCC2CC(C)(C)N(O)C2(C)C)C(C)(C)N1O. The van der Waals surface area contributed by atoms with Gasteiger partial charge < -0.3 is 29.8 Å². The molecule has 0 amide bonds. The van der Waals surface area contributed by atoms with E-state index in [-0.39, 0.29) is 56.8 Å². The van der Waals surface area contributed by atoms with E-state index in [1.54, 1.807) is 0 Å². The maximum absolute atomic E-state index is 13.1. The second-order valence-electron chi connectivity index (χ2n) is 17.6. The Labute approximate surface area is 275 Å². The van der Waals surface area contributed by atoms with E-state index in [1.807, 2.05) is 83.1 Å². The lowest BCUT2D eigenvalue weighted by Gasteiger charge is -2.36. The molecule has 0 bridgehead atoms. The first-order valence-electron chi connectivity index (χ1n) is 16.7. The molecule has 3 N–H and O–H groups in total. The Kier molecular flexibility index (Phi) is 11.1. The van der Waals surface area contributed by atoms with Crippen LogP contribution in [0.15, 0.2) is 0 Å². The first-order valence-corrected chi connectivity index (χ1v) is 16.7. The van der Waals surface area contributed by atoms with Crippen LogP contribution in [-0.2, 0) is 28.6 Å². The normalized spacial score (nSPS) is 30.2. The number of carbonyl (C=O) groups is 3. The molecule has 3 heterocycles. The molecule has 0 radical (unpaired) electrons. The highest BCUT2D eigenvalue weighted by molar-refractivity contribution is 5.76. The molecule has 3 unspecified atom stereocenters. The molecule has 0 aromatic rings. The average molecular weight is 656 g/mol. The van der Waals surface area contributed by atoms with Crippen molar-refractivity contribution in [1.29, 1.82) is 0 Å². The third-order valence-corrected chi connectivity index (χ3v) is 11.3. The number of nitrogens with zero attached hydrogens (tertiary/aromatic N) is 3. The second kappa shape index (κ2) is 13.2. The zero-order valence-corrected chi connectivity index (χ0v) is 30.3. The van der Waals surface area contributed by atoms with Crippen molar-refractivity contribution in [1.82, 2.24) is 15.2 Å². The summed E-state index contributed by atoms with van der Waals surface area (Å²) < 4.78 is 17.0. The highest BCUT2D eigenvalue weighted by Gasteiger charge is 2.53. The summed E-state index contributed by atoms with van der Waals surface area (Å²) in [5, 5.41) is 35.8. The molecule has 0 aliphatic carbocycles. The lowest BCUT2D eigenvalue weighted by atomic mass is 9.87. The molecule has 3 aliphatic heterocycles. The van der Waals surface area contributed by atoms with Crippen LogP contribution >= 0.6 is 0 Å². The minimum Gasteiger partial charge on any atom is -0.465 e. The minimum absolute atomic E-state index is 0.0996. The van der Waals surface area contributed by atoms with E-state index in [2.05, 4.69) is 0 Å². The lowest BCUT2D eigenvalue weighted by Crippen LogP contribution is -2.48. The van der Waals surface area contributed by atoms with Gasteiger partial charge in [-0.05, 0) is 108 Å². The van der Waals surface area contributed by atoms with Crippen LogP contribution < -0.4 is 0 Å². The molecule has 0 aromatic carbocycles. The number of hydrogen-bond donors (Lipinski definition) is 3. The third kappa shape index (κ3) is 8.06. The summed E-state index contributed by atoms with van der Waals surface area (Å²) in [4.78, 5) is 39.2. The highest BCUT2D eigenvalue weighted by Crippen LogP contribution is 2.45. The predicted molar refractivity (Wildman–Crippen MR) is 170 cm³/mol. The number of carbonyl (C=O) groups excluding carboxylic acids is 3. The molecule has 3 atom stereocenters. The van der Waals surface area contributed by atoms with Gasteiger partial charge in [0.25, 0.3) is 0 Å². The van der Waals surface area contributed by atoms with Gasteiger partial charge in [-0.2, -0.15) is 15.2 Å². The van der Waals surface area contributed by atoms with Crippen LogP contribution in [0.3, 0.4) is 0 Å². The number of hydrogen-bond acceptors (Lipinski definition) is 12. The monoisotopic (exact) mass is 655 g/mol. The first-order chi connectivity index (χ1) is 20.7. The van der Waals surface area contributed by atoms with E-state index in [9.17, 15) is 30.0 Å². The van der Waals surface area contributed by atoms with Gasteiger partial charge in [-0.3, -0.25) is 14.4 Å². The van der Waals surface area contributed by atoms with Crippen LogP contribution in [0, 0.1) is 23.7 Å². The number of hydroxylamine groups is 6. The molecule has 0 spiro atoms. The van der Waals surface area contributed by atoms with Gasteiger partial charge in [0, 0.05) is 70.2 Å². The van der Waals surface area contributed by atoms with Crippen LogP contribution in [0.25, 0.3) is 0 Å². The fraction of sp³-hybridized carbons (Fsp3) is 0.912. The fourth-order valence-corrected chi connectivity index (χ4v) is 8.15. The van der Waals surface area contributed by atoms with E-state index in [1.165, 1.54) is 15.2 Å². The molecular formula is C34H61N3O9. The Balaban J connectivity index is 1.63. The van der Waals surface area contributed by atoms with Crippen molar-refractivity contribution >= 4 is 17.9 Å². The molecule has 3 saturated heterocycles. The quantitative estimate of drug-likeness (QED) is 0.187. The van der Waals surface area contributed by atoms with Crippen molar-refractivity contribution in [3.8, 4) is 0 Å². The van der Waals surface area contributed by atoms with Crippen molar-refractivity contribution in [2.45, 2.75) is 155 Å². The van der Waals surface area contributed by atoms with Crippen LogP contribution in [0.1, 0.15) is 122 Å². The van der Waals surface area contributed by atoms with Gasteiger partial charge in [0.1, 0.15) is 0 Å². The molecule has 0 aromatic heterocycles. The van der Waals surface area contributed by atoms with Crippen molar-refractivity contribution in [2.24, 2.45) is 23.7 Å². The predicted octanol–water partition coefficient (Wildman–Crippen LogP) is 5.21. The van der Waals surface area contributed by atoms with Crippen LogP contribution in [-0.4, -0.2) is 102 Å². The maximum Gasteiger partial charge on any atom is 0.306 e. The molecule has 3 aliphatic rings. The molecular weight excluding hydrogens is 594 g/mol. The average Bonchev–Trinajstić information content (AvgIpc) is 3.27. The standard InChI is InChI=1S/C34H61N3O9/c1-29(2)16-23(32(7,8)35(29)41)19-44-26(38)13-22(14-27(39)45-20-24-17-30(3,4)36(42)33(24,9)10)15-28(40)46-21-25-18-31(5,6)37(43)34(25,11)12/h22-25,41-43H,13-21H2,1-12H3. The van der Waals surface area contributed by atoms with Crippen LogP contribution in [0.4, 0.5) is 0 Å². The van der Waals surface area contributed by atoms with Crippen molar-refractivity contribution in [3.63, 3.8) is 0 Å². The van der Waals surface area contributed by atoms with Crippen LogP contribution in [0.2, 0.25) is 0 Å². The third-order valence-electron chi connectivity index (χ3n) is 11.3. The molecule has 12 heteroatoms. The second-order valence-corrected chi connectivity index (χ2v) is 17.6. The number of ether oxygens (including phenoxy) is 3. The van der Waals surface area contributed by atoms with E-state index >= 15 is 0 Å². The van der Waals surface area contributed by atoms with E-state index in [0.29, 0.717) is 19.3 Å². The summed E-state index contributed by atoms with van der Waals surface area (Å²) in [6.07, 6.45) is 1.36. The summed E-state index contributed by atoms with van der Waals surface area (Å²) in [6.45, 7) is 23.3. The summed E-state index contributed by atoms with van der Waals surface area (Å²) in [6, 6.07) is 0. The Morgan fingerprint density at radius 3 is 0.913 bits per heavy atom. The smallest absolute Gasteiger partial charge is 0.306 e. The fourth-order valence-electron chi connectivity index (χ4n) is 8.15. The number of rotatable bonds is 12. The summed E-state index contributed by atoms with van der Waals surface area (Å²) >= 11 is 0. The van der Waals surface area contributed by atoms with Gasteiger partial charge in [-0.15, -0.1) is 0 Å². The summed E-state index contributed by atoms with van der Waals surface area (Å²) in [5.74, 6) is -2.67. The molecule has 46 heavy (non-hydrogen) atoms. The lowest BCUT2D eigenvalue weighted by molar-refractivity contribution is -0.199. The van der Waals surface area contributed by atoms with E-state index < -0.39 is 57.1 Å².